The quantitative estimate of drug-likeness (QED) is 0.796. The molecule has 1 aromatic carbocycles. The first-order chi connectivity index (χ1) is 9.99. The first-order valence-electron chi connectivity index (χ1n) is 6.68. The Bertz CT molecular complexity index is 551. The fraction of sp³-hybridized carbons (Fsp3) is 0.400. The van der Waals surface area contributed by atoms with Gasteiger partial charge < -0.3 is 15.2 Å². The van der Waals surface area contributed by atoms with Gasteiger partial charge in [0.1, 0.15) is 17.9 Å². The van der Waals surface area contributed by atoms with E-state index in [2.05, 4.69) is 5.32 Å². The van der Waals surface area contributed by atoms with E-state index in [9.17, 15) is 9.59 Å². The van der Waals surface area contributed by atoms with E-state index < -0.39 is 24.0 Å². The molecule has 0 radical (unpaired) electrons. The van der Waals surface area contributed by atoms with E-state index in [4.69, 9.17) is 15.1 Å². The highest BCUT2D eigenvalue weighted by atomic mass is 16.5. The number of rotatable bonds is 7. The standard InChI is InChI=1S/C15H18N2O4/c1-3-6-12(15(19)20)17-14(18)10(2)21-13-8-5-4-7-11(13)9-16/h4-5,7-8,10,12H,3,6H2,1-2H3,(H,17,18)(H,19,20)/t10?,12-/m1/s1. The maximum Gasteiger partial charge on any atom is 0.326 e. The number of nitrogens with one attached hydrogen (secondary N) is 1. The predicted octanol–water partition coefficient (Wildman–Crippen LogP) is 1.70. The topological polar surface area (TPSA) is 99.4 Å². The molecule has 0 bridgehead atoms. The molecule has 2 atom stereocenters. The van der Waals surface area contributed by atoms with Crippen molar-refractivity contribution in [3.8, 4) is 11.8 Å². The summed E-state index contributed by atoms with van der Waals surface area (Å²) in [7, 11) is 0. The van der Waals surface area contributed by atoms with Crippen LogP contribution in [-0.4, -0.2) is 29.1 Å². The normalized spacial score (nSPS) is 12.8. The number of ether oxygens (including phenoxy) is 1. The van der Waals surface area contributed by atoms with Crippen LogP contribution in [0.4, 0.5) is 0 Å². The highest BCUT2D eigenvalue weighted by Crippen LogP contribution is 2.18. The van der Waals surface area contributed by atoms with Crippen LogP contribution in [0.1, 0.15) is 32.3 Å². The van der Waals surface area contributed by atoms with Gasteiger partial charge in [0.15, 0.2) is 6.10 Å². The van der Waals surface area contributed by atoms with E-state index in [0.717, 1.165) is 0 Å². The molecule has 2 N–H and O–H groups in total. The number of carboxylic acids is 1. The summed E-state index contributed by atoms with van der Waals surface area (Å²) < 4.78 is 5.43. The Morgan fingerprint density at radius 1 is 1.43 bits per heavy atom. The minimum atomic E-state index is -1.07. The molecule has 0 aliphatic heterocycles. The summed E-state index contributed by atoms with van der Waals surface area (Å²) in [5.41, 5.74) is 0.320. The second kappa shape index (κ2) is 7.90. The van der Waals surface area contributed by atoms with Gasteiger partial charge in [-0.2, -0.15) is 5.26 Å². The molecule has 0 spiro atoms. The van der Waals surface area contributed by atoms with Crippen molar-refractivity contribution in [2.24, 2.45) is 0 Å². The Hall–Kier alpha value is -2.55. The SMILES string of the molecule is CCC[C@@H](NC(=O)C(C)Oc1ccccc1C#N)C(=O)O. The monoisotopic (exact) mass is 290 g/mol. The van der Waals surface area contributed by atoms with Crippen LogP contribution in [-0.2, 0) is 9.59 Å². The van der Waals surface area contributed by atoms with E-state index in [1.54, 1.807) is 24.3 Å². The van der Waals surface area contributed by atoms with Gasteiger partial charge in [-0.3, -0.25) is 4.79 Å². The van der Waals surface area contributed by atoms with Crippen LogP contribution in [0.5, 0.6) is 5.75 Å². The van der Waals surface area contributed by atoms with Crippen LogP contribution in [0.2, 0.25) is 0 Å². The predicted molar refractivity (Wildman–Crippen MR) is 75.7 cm³/mol. The molecular formula is C15H18N2O4. The molecule has 0 saturated carbocycles. The molecule has 1 amide bonds. The number of benzene rings is 1. The summed E-state index contributed by atoms with van der Waals surface area (Å²) in [6.07, 6.45) is 0.102. The zero-order valence-corrected chi connectivity index (χ0v) is 12.0. The Balaban J connectivity index is 2.70. The number of carbonyl (C=O) groups excluding carboxylic acids is 1. The third-order valence-electron chi connectivity index (χ3n) is 2.87. The molecule has 1 unspecified atom stereocenters. The Morgan fingerprint density at radius 2 is 2.10 bits per heavy atom. The molecule has 0 aromatic heterocycles. The van der Waals surface area contributed by atoms with E-state index in [1.807, 2.05) is 13.0 Å². The molecule has 0 aliphatic rings. The van der Waals surface area contributed by atoms with E-state index in [-0.39, 0.29) is 0 Å². The largest absolute Gasteiger partial charge is 0.480 e. The lowest BCUT2D eigenvalue weighted by Gasteiger charge is -2.18. The zero-order valence-electron chi connectivity index (χ0n) is 12.0. The molecule has 6 heteroatoms. The van der Waals surface area contributed by atoms with E-state index in [1.165, 1.54) is 6.92 Å². The Kier molecular flexibility index (Phi) is 6.21. The summed E-state index contributed by atoms with van der Waals surface area (Å²) in [5, 5.41) is 20.4. The number of nitriles is 1. The maximum absolute atomic E-state index is 12.0. The van der Waals surface area contributed by atoms with Crippen LogP contribution in [0.15, 0.2) is 24.3 Å². The minimum absolute atomic E-state index is 0.296. The molecule has 1 aromatic rings. The van der Waals surface area contributed by atoms with Crippen LogP contribution < -0.4 is 10.1 Å². The van der Waals surface area contributed by atoms with Crippen LogP contribution >= 0.6 is 0 Å². The highest BCUT2D eigenvalue weighted by Gasteiger charge is 2.23. The van der Waals surface area contributed by atoms with E-state index in [0.29, 0.717) is 24.2 Å². The number of carboxylic acid groups (broad SMARTS) is 1. The molecule has 1 rings (SSSR count). The lowest BCUT2D eigenvalue weighted by Crippen LogP contribution is -2.46. The van der Waals surface area contributed by atoms with Crippen molar-refractivity contribution in [1.82, 2.24) is 5.32 Å². The lowest BCUT2D eigenvalue weighted by molar-refractivity contribution is -0.143. The van der Waals surface area contributed by atoms with Crippen LogP contribution in [0, 0.1) is 11.3 Å². The molecule has 0 fully saturated rings. The Morgan fingerprint density at radius 3 is 2.67 bits per heavy atom. The molecule has 0 aliphatic carbocycles. The number of hydrogen-bond donors (Lipinski definition) is 2. The number of amides is 1. The fourth-order valence-corrected chi connectivity index (χ4v) is 1.74. The summed E-state index contributed by atoms with van der Waals surface area (Å²) in [4.78, 5) is 23.0. The van der Waals surface area contributed by atoms with Gasteiger partial charge >= 0.3 is 5.97 Å². The summed E-state index contributed by atoms with van der Waals surface area (Å²) >= 11 is 0. The average Bonchev–Trinajstić information content (AvgIpc) is 2.47. The molecule has 21 heavy (non-hydrogen) atoms. The fourth-order valence-electron chi connectivity index (χ4n) is 1.74. The van der Waals surface area contributed by atoms with Crippen molar-refractivity contribution < 1.29 is 19.4 Å². The van der Waals surface area contributed by atoms with Crippen LogP contribution in [0.25, 0.3) is 0 Å². The molecule has 6 nitrogen and oxygen atoms in total. The number of aliphatic carboxylic acids is 1. The number of carbonyl (C=O) groups is 2. The third-order valence-corrected chi connectivity index (χ3v) is 2.87. The second-order valence-corrected chi connectivity index (χ2v) is 4.56. The number of para-hydroxylation sites is 1. The van der Waals surface area contributed by atoms with Gasteiger partial charge in [0.2, 0.25) is 0 Å². The van der Waals surface area contributed by atoms with Gasteiger partial charge in [0.05, 0.1) is 5.56 Å². The minimum Gasteiger partial charge on any atom is -0.480 e. The summed E-state index contributed by atoms with van der Waals surface area (Å²) in [6, 6.07) is 7.59. The van der Waals surface area contributed by atoms with Gasteiger partial charge in [0.25, 0.3) is 5.91 Å². The second-order valence-electron chi connectivity index (χ2n) is 4.56. The number of nitrogens with zero attached hydrogens (tertiary/aromatic N) is 1. The molecule has 0 saturated heterocycles. The van der Waals surface area contributed by atoms with E-state index >= 15 is 0 Å². The summed E-state index contributed by atoms with van der Waals surface area (Å²) in [5.74, 6) is -1.30. The van der Waals surface area contributed by atoms with Gasteiger partial charge in [-0.1, -0.05) is 25.5 Å². The zero-order chi connectivity index (χ0) is 15.8. The molecule has 112 valence electrons. The first-order valence-corrected chi connectivity index (χ1v) is 6.68. The van der Waals surface area contributed by atoms with Gasteiger partial charge in [-0.25, -0.2) is 4.79 Å². The lowest BCUT2D eigenvalue weighted by atomic mass is 10.1. The molecular weight excluding hydrogens is 272 g/mol. The van der Waals surface area contributed by atoms with Crippen molar-refractivity contribution in [2.75, 3.05) is 0 Å². The van der Waals surface area contributed by atoms with Crippen molar-refractivity contribution in [2.45, 2.75) is 38.8 Å². The van der Waals surface area contributed by atoms with Crippen molar-refractivity contribution >= 4 is 11.9 Å². The van der Waals surface area contributed by atoms with Crippen molar-refractivity contribution in [3.63, 3.8) is 0 Å². The van der Waals surface area contributed by atoms with Crippen LogP contribution in [0.3, 0.4) is 0 Å². The summed E-state index contributed by atoms with van der Waals surface area (Å²) in [6.45, 7) is 3.35. The van der Waals surface area contributed by atoms with Crippen molar-refractivity contribution in [3.05, 3.63) is 29.8 Å². The third kappa shape index (κ3) is 4.80. The maximum atomic E-state index is 12.0. The highest BCUT2D eigenvalue weighted by molar-refractivity contribution is 5.86. The first kappa shape index (κ1) is 16.5. The van der Waals surface area contributed by atoms with Crippen molar-refractivity contribution in [1.29, 1.82) is 5.26 Å². The van der Waals surface area contributed by atoms with Gasteiger partial charge in [-0.05, 0) is 25.5 Å². The molecule has 0 heterocycles. The van der Waals surface area contributed by atoms with Gasteiger partial charge in [0, 0.05) is 0 Å². The smallest absolute Gasteiger partial charge is 0.326 e. The van der Waals surface area contributed by atoms with Gasteiger partial charge in [-0.15, -0.1) is 0 Å². The average molecular weight is 290 g/mol. The number of hydrogen-bond acceptors (Lipinski definition) is 4. The Labute approximate surface area is 123 Å².